The van der Waals surface area contributed by atoms with Gasteiger partial charge in [-0.3, -0.25) is 14.9 Å². The molecule has 0 aliphatic rings. The Morgan fingerprint density at radius 3 is 2.52 bits per heavy atom. The molecule has 132 valence electrons. The first-order valence-electron chi connectivity index (χ1n) is 6.94. The summed E-state index contributed by atoms with van der Waals surface area (Å²) in [7, 11) is 0. The van der Waals surface area contributed by atoms with Crippen molar-refractivity contribution in [3.05, 3.63) is 52.1 Å². The van der Waals surface area contributed by atoms with Gasteiger partial charge in [0.15, 0.2) is 0 Å². The van der Waals surface area contributed by atoms with Crippen molar-refractivity contribution in [1.82, 2.24) is 4.98 Å². The van der Waals surface area contributed by atoms with Crippen LogP contribution in [-0.2, 0) is 16.1 Å². The second-order valence-corrected chi connectivity index (χ2v) is 4.76. The number of hydrogen-bond donors (Lipinski definition) is 1. The third-order valence-electron chi connectivity index (χ3n) is 2.91. The van der Waals surface area contributed by atoms with Crippen LogP contribution in [0.5, 0.6) is 5.88 Å². The van der Waals surface area contributed by atoms with Gasteiger partial charge in [0.05, 0.1) is 4.92 Å². The zero-order valence-electron chi connectivity index (χ0n) is 12.9. The van der Waals surface area contributed by atoms with Crippen LogP contribution in [0, 0.1) is 10.1 Å². The van der Waals surface area contributed by atoms with E-state index in [1.54, 1.807) is 24.3 Å². The van der Waals surface area contributed by atoms with Crippen LogP contribution >= 0.6 is 0 Å². The van der Waals surface area contributed by atoms with Gasteiger partial charge in [0, 0.05) is 24.7 Å². The zero-order chi connectivity index (χ0) is 18.4. The largest absolute Gasteiger partial charge is 0.461 e. The Hall–Kier alpha value is -3.30. The maximum atomic E-state index is 12.3. The number of hydrogen-bond acceptors (Lipinski definition) is 7. The number of aromatic nitrogens is 1. The fourth-order valence-electron chi connectivity index (χ4n) is 1.84. The standard InChI is InChI=1S/C15H13F2N3O5/c1-9(21)24-8-10-2-4-11(5-3-10)18-14-12(20(22)23)6-7-13(19-14)25-15(16)17/h2-7,15H,8H2,1H3,(H,18,19). The Bertz CT molecular complexity index is 768. The summed E-state index contributed by atoms with van der Waals surface area (Å²) in [4.78, 5) is 24.8. The highest BCUT2D eigenvalue weighted by Gasteiger charge is 2.18. The van der Waals surface area contributed by atoms with E-state index in [0.717, 1.165) is 12.1 Å². The highest BCUT2D eigenvalue weighted by molar-refractivity contribution is 5.67. The minimum Gasteiger partial charge on any atom is -0.461 e. The molecule has 0 spiro atoms. The van der Waals surface area contributed by atoms with Gasteiger partial charge >= 0.3 is 18.3 Å². The van der Waals surface area contributed by atoms with E-state index in [4.69, 9.17) is 4.74 Å². The molecular weight excluding hydrogens is 340 g/mol. The first-order chi connectivity index (χ1) is 11.8. The Kier molecular flexibility index (Phi) is 5.77. The van der Waals surface area contributed by atoms with Gasteiger partial charge in [0.1, 0.15) is 6.61 Å². The van der Waals surface area contributed by atoms with Crippen molar-refractivity contribution in [1.29, 1.82) is 0 Å². The molecule has 0 atom stereocenters. The lowest BCUT2D eigenvalue weighted by molar-refractivity contribution is -0.384. The molecule has 8 nitrogen and oxygen atoms in total. The Labute approximate surface area is 140 Å². The minimum atomic E-state index is -3.10. The molecule has 0 fully saturated rings. The predicted octanol–water partition coefficient (Wildman–Crippen LogP) is 3.40. The number of esters is 1. The quantitative estimate of drug-likeness (QED) is 0.462. The lowest BCUT2D eigenvalue weighted by Gasteiger charge is -2.09. The van der Waals surface area contributed by atoms with Crippen molar-refractivity contribution < 1.29 is 28.0 Å². The number of pyridine rings is 1. The third-order valence-corrected chi connectivity index (χ3v) is 2.91. The predicted molar refractivity (Wildman–Crippen MR) is 82.7 cm³/mol. The molecule has 0 aliphatic carbocycles. The normalized spacial score (nSPS) is 10.4. The van der Waals surface area contributed by atoms with Gasteiger partial charge in [-0.05, 0) is 17.7 Å². The summed E-state index contributed by atoms with van der Waals surface area (Å²) in [6.45, 7) is -1.72. The van der Waals surface area contributed by atoms with E-state index in [2.05, 4.69) is 15.0 Å². The van der Waals surface area contributed by atoms with E-state index in [9.17, 15) is 23.7 Å². The zero-order valence-corrected chi connectivity index (χ0v) is 12.9. The topological polar surface area (TPSA) is 104 Å². The van der Waals surface area contributed by atoms with E-state index in [-0.39, 0.29) is 12.4 Å². The number of rotatable bonds is 7. The Morgan fingerprint density at radius 1 is 1.28 bits per heavy atom. The molecule has 1 aromatic carbocycles. The Morgan fingerprint density at radius 2 is 1.96 bits per heavy atom. The molecule has 0 amide bonds. The van der Waals surface area contributed by atoms with Crippen LogP contribution in [-0.4, -0.2) is 22.5 Å². The van der Waals surface area contributed by atoms with Crippen LogP contribution < -0.4 is 10.1 Å². The van der Waals surface area contributed by atoms with Crippen molar-refractivity contribution in [3.63, 3.8) is 0 Å². The summed E-state index contributed by atoms with van der Waals surface area (Å²) in [5.41, 5.74) is 0.736. The molecular formula is C15H13F2N3O5. The van der Waals surface area contributed by atoms with Crippen molar-refractivity contribution in [2.24, 2.45) is 0 Å². The van der Waals surface area contributed by atoms with Gasteiger partial charge in [-0.25, -0.2) is 0 Å². The number of ether oxygens (including phenoxy) is 2. The van der Waals surface area contributed by atoms with Crippen LogP contribution in [0.2, 0.25) is 0 Å². The minimum absolute atomic E-state index is 0.0890. The third kappa shape index (κ3) is 5.37. The van der Waals surface area contributed by atoms with E-state index < -0.39 is 29.1 Å². The van der Waals surface area contributed by atoms with E-state index in [0.29, 0.717) is 11.3 Å². The number of nitro groups is 1. The van der Waals surface area contributed by atoms with E-state index in [1.165, 1.54) is 6.92 Å². The van der Waals surface area contributed by atoms with Crippen molar-refractivity contribution in [2.45, 2.75) is 20.1 Å². The summed E-state index contributed by atoms with van der Waals surface area (Å²) in [6, 6.07) is 8.42. The first-order valence-corrected chi connectivity index (χ1v) is 6.94. The molecule has 10 heteroatoms. The highest BCUT2D eigenvalue weighted by atomic mass is 19.3. The number of nitrogens with one attached hydrogen (secondary N) is 1. The van der Waals surface area contributed by atoms with Gasteiger partial charge in [0.2, 0.25) is 11.7 Å². The van der Waals surface area contributed by atoms with Crippen molar-refractivity contribution >= 4 is 23.2 Å². The number of alkyl halides is 2. The number of anilines is 2. The summed E-state index contributed by atoms with van der Waals surface area (Å²) in [5, 5.41) is 13.7. The number of carbonyl (C=O) groups is 1. The van der Waals surface area contributed by atoms with Crippen LogP contribution in [0.25, 0.3) is 0 Å². The average molecular weight is 353 g/mol. The van der Waals surface area contributed by atoms with Crippen LogP contribution in [0.1, 0.15) is 12.5 Å². The molecule has 0 saturated carbocycles. The molecule has 0 unspecified atom stereocenters. The monoisotopic (exact) mass is 353 g/mol. The van der Waals surface area contributed by atoms with Crippen molar-refractivity contribution in [3.8, 4) is 5.88 Å². The van der Waals surface area contributed by atoms with Gasteiger partial charge in [-0.15, -0.1) is 0 Å². The molecule has 1 N–H and O–H groups in total. The molecule has 2 aromatic rings. The molecule has 1 heterocycles. The second kappa shape index (κ2) is 7.99. The smallest absolute Gasteiger partial charge is 0.388 e. The first kappa shape index (κ1) is 18.0. The molecule has 0 saturated heterocycles. The van der Waals surface area contributed by atoms with Crippen molar-refractivity contribution in [2.75, 3.05) is 5.32 Å². The van der Waals surface area contributed by atoms with Crippen LogP contribution in [0.4, 0.5) is 26.0 Å². The van der Waals surface area contributed by atoms with Gasteiger partial charge in [-0.2, -0.15) is 13.8 Å². The number of carbonyl (C=O) groups excluding carboxylic acids is 1. The van der Waals surface area contributed by atoms with E-state index in [1.807, 2.05) is 0 Å². The van der Waals surface area contributed by atoms with Crippen LogP contribution in [0.3, 0.4) is 0 Å². The number of halogens is 2. The summed E-state index contributed by atoms with van der Waals surface area (Å²) >= 11 is 0. The lowest BCUT2D eigenvalue weighted by atomic mass is 10.2. The number of benzene rings is 1. The molecule has 2 rings (SSSR count). The maximum absolute atomic E-state index is 12.3. The molecule has 0 radical (unpaired) electrons. The Balaban J connectivity index is 2.19. The lowest BCUT2D eigenvalue weighted by Crippen LogP contribution is -2.06. The SMILES string of the molecule is CC(=O)OCc1ccc(Nc2nc(OC(F)F)ccc2[N+](=O)[O-])cc1. The van der Waals surface area contributed by atoms with Gasteiger partial charge in [0.25, 0.3) is 0 Å². The highest BCUT2D eigenvalue weighted by Crippen LogP contribution is 2.28. The summed E-state index contributed by atoms with van der Waals surface area (Å²) < 4.78 is 33.5. The second-order valence-electron chi connectivity index (χ2n) is 4.76. The summed E-state index contributed by atoms with van der Waals surface area (Å²) in [6.07, 6.45) is 0. The molecule has 25 heavy (non-hydrogen) atoms. The molecule has 0 bridgehead atoms. The van der Waals surface area contributed by atoms with Gasteiger partial charge < -0.3 is 14.8 Å². The fraction of sp³-hybridized carbons (Fsp3) is 0.200. The van der Waals surface area contributed by atoms with E-state index >= 15 is 0 Å². The fourth-order valence-corrected chi connectivity index (χ4v) is 1.84. The number of nitrogens with zero attached hydrogens (tertiary/aromatic N) is 2. The molecule has 0 aliphatic heterocycles. The van der Waals surface area contributed by atoms with Gasteiger partial charge in [-0.1, -0.05) is 12.1 Å². The molecule has 1 aromatic heterocycles. The van der Waals surface area contributed by atoms with Crippen LogP contribution in [0.15, 0.2) is 36.4 Å². The average Bonchev–Trinajstić information content (AvgIpc) is 2.53. The summed E-state index contributed by atoms with van der Waals surface area (Å²) in [5.74, 6) is -1.11. The maximum Gasteiger partial charge on any atom is 0.388 e.